The first kappa shape index (κ1) is 39.6. The molecule has 1 aliphatic rings. The van der Waals surface area contributed by atoms with E-state index in [1.165, 1.54) is 40.0 Å². The van der Waals surface area contributed by atoms with E-state index in [-0.39, 0.29) is 17.6 Å². The summed E-state index contributed by atoms with van der Waals surface area (Å²) in [4.78, 5) is 15.6. The van der Waals surface area contributed by atoms with Crippen molar-refractivity contribution < 1.29 is 13.9 Å². The number of amides is 1. The fourth-order valence-corrected chi connectivity index (χ4v) is 17.3. The highest BCUT2D eigenvalue weighted by molar-refractivity contribution is 8.29. The van der Waals surface area contributed by atoms with Gasteiger partial charge in [0.15, 0.2) is 0 Å². The monoisotopic (exact) mass is 757 g/mol. The normalized spacial score (nSPS) is 13.8. The smallest absolute Gasteiger partial charge is 0.227 e. The molecule has 2 aromatic heterocycles. The predicted molar refractivity (Wildman–Crippen MR) is 217 cm³/mol. The van der Waals surface area contributed by atoms with Gasteiger partial charge in [0.1, 0.15) is 13.0 Å². The molecule has 6 rings (SSSR count). The molecule has 0 radical (unpaired) electrons. The second-order valence-electron chi connectivity index (χ2n) is 14.3. The van der Waals surface area contributed by atoms with Gasteiger partial charge in [-0.2, -0.15) is 21.4 Å². The van der Waals surface area contributed by atoms with Gasteiger partial charge in [0.25, 0.3) is 0 Å². The molecular formula is C41H52FN5O2S2Si. The van der Waals surface area contributed by atoms with E-state index in [0.29, 0.717) is 31.7 Å². The number of anilines is 1. The van der Waals surface area contributed by atoms with Gasteiger partial charge in [0, 0.05) is 66.0 Å². The van der Waals surface area contributed by atoms with Crippen LogP contribution in [-0.4, -0.2) is 45.9 Å². The molecular weight excluding hydrogens is 706 g/mol. The lowest BCUT2D eigenvalue weighted by atomic mass is 9.99. The number of benzene rings is 3. The Labute approximate surface area is 317 Å². The molecule has 1 N–H and O–H groups in total. The van der Waals surface area contributed by atoms with E-state index in [0.717, 1.165) is 37.7 Å². The fraction of sp³-hybridized carbons (Fsp3) is 0.390. The quantitative estimate of drug-likeness (QED) is 0.135. The first-order valence-electron chi connectivity index (χ1n) is 18.1. The number of halogens is 1. The van der Waals surface area contributed by atoms with E-state index < -0.39 is 7.22 Å². The molecule has 0 unspecified atom stereocenters. The van der Waals surface area contributed by atoms with Gasteiger partial charge in [-0.15, -0.1) is 0 Å². The van der Waals surface area contributed by atoms with Crippen LogP contribution < -0.4 is 5.32 Å². The number of aryl methyl sites for hydroxylation is 2. The molecule has 1 amide bonds. The van der Waals surface area contributed by atoms with Gasteiger partial charge in [-0.25, -0.2) is 4.39 Å². The highest BCUT2D eigenvalue weighted by Gasteiger charge is 2.44. The lowest BCUT2D eigenvalue weighted by Gasteiger charge is -2.42. The third kappa shape index (κ3) is 9.66. The summed E-state index contributed by atoms with van der Waals surface area (Å²) >= 11 is 3.64. The van der Waals surface area contributed by atoms with Gasteiger partial charge < -0.3 is 10.1 Å². The molecule has 0 aliphatic carbocycles. The second kappa shape index (κ2) is 17.9. The number of hydrogen-bond acceptors (Lipinski definition) is 6. The van der Waals surface area contributed by atoms with Crippen molar-refractivity contribution in [2.45, 2.75) is 85.7 Å². The second-order valence-corrected chi connectivity index (χ2v) is 24.0. The summed E-state index contributed by atoms with van der Waals surface area (Å²) < 4.78 is 23.2. The molecule has 5 aromatic rings. The van der Waals surface area contributed by atoms with Crippen LogP contribution in [0.4, 0.5) is 10.1 Å². The molecule has 1 saturated heterocycles. The molecule has 0 spiro atoms. The van der Waals surface area contributed by atoms with Gasteiger partial charge in [-0.05, 0) is 95.2 Å². The standard InChI is InChI=1S/C22H22FN3O2S.C19H30N2SSi/c1-26-21(6-9-24-26)15-2-4-19(5-3-15)29-20-13-17(23)12-18(14-20)25-22(27)16-7-10-28-11-8-16;1-14(2)23(15(3)4,16(5)6)22-18-10-8-17(9-11-18)19-12-13-20-21(19)7/h2-6,9,12-14,16H,7-8,10-11H2,1H3,(H,25,27);8-16H,1-7H3. The number of ether oxygens (including phenoxy) is 1. The Hall–Kier alpha value is -3.64. The van der Waals surface area contributed by atoms with Crippen LogP contribution in [-0.2, 0) is 23.6 Å². The zero-order valence-corrected chi connectivity index (χ0v) is 34.2. The molecule has 11 heteroatoms. The van der Waals surface area contributed by atoms with Crippen LogP contribution in [0, 0.1) is 11.7 Å². The van der Waals surface area contributed by atoms with Crippen molar-refractivity contribution in [1.82, 2.24) is 19.6 Å². The Morgan fingerprint density at radius 3 is 1.71 bits per heavy atom. The van der Waals surface area contributed by atoms with E-state index in [9.17, 15) is 9.18 Å². The number of rotatable bonds is 11. The van der Waals surface area contributed by atoms with Crippen molar-refractivity contribution in [2.75, 3.05) is 18.5 Å². The molecule has 1 fully saturated rings. The number of carbonyl (C=O) groups excluding carboxylic acids is 1. The Morgan fingerprint density at radius 2 is 1.25 bits per heavy atom. The Bertz CT molecular complexity index is 1880. The summed E-state index contributed by atoms with van der Waals surface area (Å²) in [7, 11) is 2.43. The SMILES string of the molecule is CC(C)[Si](Sc1ccc(-c2ccnn2C)cc1)(C(C)C)C(C)C.Cn1nccc1-c1ccc(Sc2cc(F)cc(NC(=O)C3CCOCC3)c2)cc1. The summed E-state index contributed by atoms with van der Waals surface area (Å²) in [5.41, 5.74) is 7.29. The van der Waals surface area contributed by atoms with Crippen LogP contribution in [0.1, 0.15) is 54.4 Å². The average molecular weight is 758 g/mol. The Kier molecular flexibility index (Phi) is 13.6. The molecule has 52 heavy (non-hydrogen) atoms. The van der Waals surface area contributed by atoms with Gasteiger partial charge in [0.2, 0.25) is 5.91 Å². The number of carbonyl (C=O) groups is 1. The van der Waals surface area contributed by atoms with Crippen molar-refractivity contribution in [2.24, 2.45) is 20.0 Å². The lowest BCUT2D eigenvalue weighted by Crippen LogP contribution is -2.40. The number of nitrogens with one attached hydrogen (secondary N) is 1. The minimum Gasteiger partial charge on any atom is -0.381 e. The van der Waals surface area contributed by atoms with E-state index >= 15 is 0 Å². The Balaban J connectivity index is 0.000000207. The fourth-order valence-electron chi connectivity index (χ4n) is 7.29. The van der Waals surface area contributed by atoms with Crippen LogP contribution >= 0.6 is 23.0 Å². The first-order valence-corrected chi connectivity index (χ1v) is 22.7. The van der Waals surface area contributed by atoms with Gasteiger partial charge in [-0.3, -0.25) is 14.2 Å². The zero-order chi connectivity index (χ0) is 37.4. The van der Waals surface area contributed by atoms with Crippen LogP contribution in [0.3, 0.4) is 0 Å². The van der Waals surface area contributed by atoms with Crippen LogP contribution in [0.15, 0.2) is 106 Å². The maximum Gasteiger partial charge on any atom is 0.227 e. The summed E-state index contributed by atoms with van der Waals surface area (Å²) in [5, 5.41) is 11.3. The van der Waals surface area contributed by atoms with Crippen molar-refractivity contribution in [3.05, 3.63) is 97.1 Å². The van der Waals surface area contributed by atoms with Crippen LogP contribution in [0.25, 0.3) is 22.5 Å². The van der Waals surface area contributed by atoms with E-state index in [1.54, 1.807) is 12.3 Å². The number of aromatic nitrogens is 4. The number of nitrogens with zero attached hydrogens (tertiary/aromatic N) is 4. The predicted octanol–water partition coefficient (Wildman–Crippen LogP) is 11.1. The average Bonchev–Trinajstić information content (AvgIpc) is 3.75. The zero-order valence-electron chi connectivity index (χ0n) is 31.6. The van der Waals surface area contributed by atoms with Crippen molar-refractivity contribution in [3.8, 4) is 22.5 Å². The molecule has 0 atom stereocenters. The van der Waals surface area contributed by atoms with Gasteiger partial charge >= 0.3 is 0 Å². The third-order valence-electron chi connectivity index (χ3n) is 9.91. The molecule has 0 saturated carbocycles. The van der Waals surface area contributed by atoms with E-state index in [4.69, 9.17) is 4.74 Å². The molecule has 3 heterocycles. The van der Waals surface area contributed by atoms with E-state index in [2.05, 4.69) is 98.6 Å². The van der Waals surface area contributed by atoms with Gasteiger partial charge in [0.05, 0.1) is 11.4 Å². The highest BCUT2D eigenvalue weighted by Crippen LogP contribution is 2.52. The third-order valence-corrected chi connectivity index (χ3v) is 23.2. The highest BCUT2D eigenvalue weighted by atomic mass is 32.4. The Morgan fingerprint density at radius 1 is 0.750 bits per heavy atom. The first-order chi connectivity index (χ1) is 24.9. The minimum atomic E-state index is -1.46. The topological polar surface area (TPSA) is 74.0 Å². The molecule has 7 nitrogen and oxygen atoms in total. The maximum atomic E-state index is 14.1. The summed E-state index contributed by atoms with van der Waals surface area (Å²) in [5.74, 6) is -0.526. The van der Waals surface area contributed by atoms with Crippen molar-refractivity contribution in [1.29, 1.82) is 0 Å². The minimum absolute atomic E-state index is 0.0737. The number of hydrogen-bond donors (Lipinski definition) is 1. The molecule has 276 valence electrons. The molecule has 3 aromatic carbocycles. The van der Waals surface area contributed by atoms with E-state index in [1.807, 2.05) is 60.0 Å². The van der Waals surface area contributed by atoms with Crippen LogP contribution in [0.5, 0.6) is 0 Å². The summed E-state index contributed by atoms with van der Waals surface area (Å²) in [6.07, 6.45) is 5.02. The lowest BCUT2D eigenvalue weighted by molar-refractivity contribution is -0.122. The molecule has 0 bridgehead atoms. The molecule has 1 aliphatic heterocycles. The largest absolute Gasteiger partial charge is 0.381 e. The van der Waals surface area contributed by atoms with Crippen molar-refractivity contribution >= 4 is 41.8 Å². The van der Waals surface area contributed by atoms with Crippen LogP contribution in [0.2, 0.25) is 16.6 Å². The van der Waals surface area contributed by atoms with Crippen molar-refractivity contribution in [3.63, 3.8) is 0 Å². The summed E-state index contributed by atoms with van der Waals surface area (Å²) in [6.45, 7) is 15.7. The van der Waals surface area contributed by atoms with Gasteiger partial charge in [-0.1, -0.05) is 77.6 Å². The maximum absolute atomic E-state index is 14.1. The summed E-state index contributed by atoms with van der Waals surface area (Å²) in [6, 6.07) is 25.8.